The summed E-state index contributed by atoms with van der Waals surface area (Å²) in [6.45, 7) is 3.10. The van der Waals surface area contributed by atoms with E-state index in [1.165, 1.54) is 0 Å². The molecule has 0 amide bonds. The van der Waals surface area contributed by atoms with Gasteiger partial charge in [-0.25, -0.2) is 0 Å². The van der Waals surface area contributed by atoms with Gasteiger partial charge in [-0.05, 0) is 31.2 Å². The normalized spacial score (nSPS) is 12.0. The number of rotatable bonds is 7. The molecule has 0 bridgehead atoms. The molecule has 1 aromatic carbocycles. The van der Waals surface area contributed by atoms with E-state index in [1.807, 2.05) is 49.4 Å². The van der Waals surface area contributed by atoms with Crippen LogP contribution in [0, 0.1) is 0 Å². The quantitative estimate of drug-likeness (QED) is 0.723. The summed E-state index contributed by atoms with van der Waals surface area (Å²) in [6.07, 6.45) is 3.42. The minimum atomic E-state index is 0.156. The molecule has 23 heavy (non-hydrogen) atoms. The van der Waals surface area contributed by atoms with Crippen molar-refractivity contribution in [2.75, 3.05) is 6.61 Å². The minimum absolute atomic E-state index is 0.156. The molecular formula is C17H18N4O2. The van der Waals surface area contributed by atoms with Crippen molar-refractivity contribution < 1.29 is 9.26 Å². The van der Waals surface area contributed by atoms with Crippen molar-refractivity contribution in [1.82, 2.24) is 20.4 Å². The second-order valence-corrected chi connectivity index (χ2v) is 5.16. The predicted octanol–water partition coefficient (Wildman–Crippen LogP) is 2.69. The highest BCUT2D eigenvalue weighted by Gasteiger charge is 2.10. The number of hydrogen-bond donors (Lipinski definition) is 1. The number of nitrogens with one attached hydrogen (secondary N) is 1. The number of aromatic nitrogens is 3. The largest absolute Gasteiger partial charge is 0.492 e. The molecule has 6 heteroatoms. The monoisotopic (exact) mass is 310 g/mol. The number of pyridine rings is 1. The van der Waals surface area contributed by atoms with Gasteiger partial charge in [0.15, 0.2) is 0 Å². The first-order valence-electron chi connectivity index (χ1n) is 7.45. The average Bonchev–Trinajstić information content (AvgIpc) is 3.09. The molecule has 0 radical (unpaired) electrons. The van der Waals surface area contributed by atoms with E-state index >= 15 is 0 Å². The van der Waals surface area contributed by atoms with Gasteiger partial charge in [0, 0.05) is 24.0 Å². The van der Waals surface area contributed by atoms with Gasteiger partial charge in [-0.15, -0.1) is 0 Å². The minimum Gasteiger partial charge on any atom is -0.492 e. The first-order valence-corrected chi connectivity index (χ1v) is 7.45. The van der Waals surface area contributed by atoms with Gasteiger partial charge in [0.25, 0.3) is 0 Å². The number of hydrogen-bond acceptors (Lipinski definition) is 6. The van der Waals surface area contributed by atoms with E-state index in [1.54, 1.807) is 12.4 Å². The first-order chi connectivity index (χ1) is 11.3. The molecule has 1 N–H and O–H groups in total. The highest BCUT2D eigenvalue weighted by molar-refractivity contribution is 5.51. The molecule has 0 aliphatic heterocycles. The van der Waals surface area contributed by atoms with Crippen molar-refractivity contribution >= 4 is 0 Å². The highest BCUT2D eigenvalue weighted by Crippen LogP contribution is 2.13. The Morgan fingerprint density at radius 2 is 2.04 bits per heavy atom. The van der Waals surface area contributed by atoms with Gasteiger partial charge in [0.2, 0.25) is 11.7 Å². The molecule has 0 saturated heterocycles. The molecule has 118 valence electrons. The van der Waals surface area contributed by atoms with E-state index in [0.29, 0.717) is 24.9 Å². The molecule has 2 heterocycles. The summed E-state index contributed by atoms with van der Waals surface area (Å²) in [5.74, 6) is 1.94. The summed E-state index contributed by atoms with van der Waals surface area (Å²) in [5, 5.41) is 7.26. The molecule has 0 spiro atoms. The maximum absolute atomic E-state index is 5.69. The second-order valence-electron chi connectivity index (χ2n) is 5.16. The second kappa shape index (κ2) is 7.51. The maximum atomic E-state index is 5.69. The highest BCUT2D eigenvalue weighted by atomic mass is 16.5. The van der Waals surface area contributed by atoms with Crippen LogP contribution in [0.5, 0.6) is 5.75 Å². The molecular weight excluding hydrogens is 292 g/mol. The van der Waals surface area contributed by atoms with Gasteiger partial charge >= 0.3 is 0 Å². The number of benzene rings is 1. The Labute approximate surface area is 134 Å². The number of ether oxygens (including phenoxy) is 1. The van der Waals surface area contributed by atoms with E-state index in [0.717, 1.165) is 11.3 Å². The van der Waals surface area contributed by atoms with Crippen molar-refractivity contribution in [2.24, 2.45) is 0 Å². The molecule has 0 aliphatic carbocycles. The maximum Gasteiger partial charge on any atom is 0.240 e. The summed E-state index contributed by atoms with van der Waals surface area (Å²) in [6, 6.07) is 13.6. The third-order valence-electron chi connectivity index (χ3n) is 3.23. The Hall–Kier alpha value is -2.73. The van der Waals surface area contributed by atoms with Crippen LogP contribution in [0.15, 0.2) is 59.4 Å². The average molecular weight is 310 g/mol. The zero-order valence-electron chi connectivity index (χ0n) is 12.8. The lowest BCUT2D eigenvalue weighted by molar-refractivity contribution is 0.265. The lowest BCUT2D eigenvalue weighted by Gasteiger charge is -2.13. The van der Waals surface area contributed by atoms with E-state index in [9.17, 15) is 0 Å². The third kappa shape index (κ3) is 4.37. The zero-order chi connectivity index (χ0) is 15.9. The van der Waals surface area contributed by atoms with Crippen LogP contribution in [-0.2, 0) is 6.54 Å². The summed E-state index contributed by atoms with van der Waals surface area (Å²) >= 11 is 0. The topological polar surface area (TPSA) is 73.1 Å². The Balaban J connectivity index is 1.48. The van der Waals surface area contributed by atoms with Crippen LogP contribution in [0.2, 0.25) is 0 Å². The van der Waals surface area contributed by atoms with Crippen molar-refractivity contribution in [3.05, 3.63) is 60.7 Å². The molecule has 0 saturated carbocycles. The predicted molar refractivity (Wildman–Crippen MR) is 85.8 cm³/mol. The summed E-state index contributed by atoms with van der Waals surface area (Å²) in [4.78, 5) is 8.39. The van der Waals surface area contributed by atoms with Crippen LogP contribution < -0.4 is 10.1 Å². The first kappa shape index (κ1) is 15.2. The summed E-state index contributed by atoms with van der Waals surface area (Å²) < 4.78 is 10.9. The smallest absolute Gasteiger partial charge is 0.240 e. The fraction of sp³-hybridized carbons (Fsp3) is 0.235. The molecule has 1 atom stereocenters. The lowest BCUT2D eigenvalue weighted by Crippen LogP contribution is -2.31. The van der Waals surface area contributed by atoms with Crippen LogP contribution in [0.3, 0.4) is 0 Å². The Morgan fingerprint density at radius 1 is 1.17 bits per heavy atom. The van der Waals surface area contributed by atoms with E-state index in [-0.39, 0.29) is 6.04 Å². The van der Waals surface area contributed by atoms with E-state index in [2.05, 4.69) is 20.4 Å². The SMILES string of the molecule is C[C@H](COc1ccccc1)NCc1nc(-c2cccnc2)no1. The van der Waals surface area contributed by atoms with Crippen LogP contribution in [0.1, 0.15) is 12.8 Å². The lowest BCUT2D eigenvalue weighted by atomic mass is 10.3. The van der Waals surface area contributed by atoms with Crippen LogP contribution >= 0.6 is 0 Å². The fourth-order valence-corrected chi connectivity index (χ4v) is 2.00. The van der Waals surface area contributed by atoms with Gasteiger partial charge in [-0.3, -0.25) is 4.98 Å². The van der Waals surface area contributed by atoms with E-state index < -0.39 is 0 Å². The Kier molecular flexibility index (Phi) is 4.95. The molecule has 2 aromatic heterocycles. The van der Waals surface area contributed by atoms with Crippen LogP contribution in [0.25, 0.3) is 11.4 Å². The third-order valence-corrected chi connectivity index (χ3v) is 3.23. The fourth-order valence-electron chi connectivity index (χ4n) is 2.00. The van der Waals surface area contributed by atoms with Crippen molar-refractivity contribution in [3.63, 3.8) is 0 Å². The number of nitrogens with zero attached hydrogens (tertiary/aromatic N) is 3. The van der Waals surface area contributed by atoms with Crippen LogP contribution in [-0.4, -0.2) is 27.8 Å². The molecule has 0 unspecified atom stereocenters. The van der Waals surface area contributed by atoms with E-state index in [4.69, 9.17) is 9.26 Å². The van der Waals surface area contributed by atoms with Crippen molar-refractivity contribution in [3.8, 4) is 17.1 Å². The Morgan fingerprint density at radius 3 is 2.83 bits per heavy atom. The zero-order valence-corrected chi connectivity index (χ0v) is 12.8. The molecule has 3 rings (SSSR count). The Bertz CT molecular complexity index is 716. The van der Waals surface area contributed by atoms with Crippen molar-refractivity contribution in [1.29, 1.82) is 0 Å². The molecule has 0 aliphatic rings. The van der Waals surface area contributed by atoms with Crippen LogP contribution in [0.4, 0.5) is 0 Å². The summed E-state index contributed by atoms with van der Waals surface area (Å²) in [7, 11) is 0. The standard InChI is InChI=1S/C17H18N4O2/c1-13(12-22-15-7-3-2-4-8-15)19-11-16-20-17(21-23-16)14-6-5-9-18-10-14/h2-10,13,19H,11-12H2,1H3/t13-/m1/s1. The molecule has 6 nitrogen and oxygen atoms in total. The molecule has 0 fully saturated rings. The van der Waals surface area contributed by atoms with Gasteiger partial charge in [-0.1, -0.05) is 23.4 Å². The van der Waals surface area contributed by atoms with Gasteiger partial charge in [0.1, 0.15) is 12.4 Å². The number of para-hydroxylation sites is 1. The van der Waals surface area contributed by atoms with Crippen molar-refractivity contribution in [2.45, 2.75) is 19.5 Å². The van der Waals surface area contributed by atoms with Gasteiger partial charge in [0.05, 0.1) is 6.54 Å². The van der Waals surface area contributed by atoms with Gasteiger partial charge in [-0.2, -0.15) is 4.98 Å². The summed E-state index contributed by atoms with van der Waals surface area (Å²) in [5.41, 5.74) is 0.836. The molecule has 3 aromatic rings. The van der Waals surface area contributed by atoms with Gasteiger partial charge < -0.3 is 14.6 Å².